The Bertz CT molecular complexity index is 1160. The van der Waals surface area contributed by atoms with Crippen LogP contribution in [0.25, 0.3) is 22.4 Å². The lowest BCUT2D eigenvalue weighted by Crippen LogP contribution is -2.23. The zero-order valence-electron chi connectivity index (χ0n) is 12.7. The fourth-order valence-electron chi connectivity index (χ4n) is 2.47. The zero-order valence-corrected chi connectivity index (χ0v) is 13.5. The van der Waals surface area contributed by atoms with E-state index in [-0.39, 0.29) is 11.4 Å². The van der Waals surface area contributed by atoms with E-state index < -0.39 is 0 Å². The molecule has 0 bridgehead atoms. The highest BCUT2D eigenvalue weighted by Crippen LogP contribution is 2.17. The molecule has 0 aliphatic carbocycles. The van der Waals surface area contributed by atoms with E-state index in [1.165, 1.54) is 28.0 Å². The number of rotatable bonds is 2. The molecule has 118 valence electrons. The minimum atomic E-state index is -0.364. The summed E-state index contributed by atoms with van der Waals surface area (Å²) in [4.78, 5) is 17.4. The summed E-state index contributed by atoms with van der Waals surface area (Å²) >= 11 is 1.20. The minimum absolute atomic E-state index is 0.287. The molecule has 4 aromatic rings. The van der Waals surface area contributed by atoms with E-state index in [9.17, 15) is 9.18 Å². The highest BCUT2D eigenvalue weighted by molar-refractivity contribution is 7.15. The van der Waals surface area contributed by atoms with Gasteiger partial charge in [-0.1, -0.05) is 53.3 Å². The van der Waals surface area contributed by atoms with E-state index in [2.05, 4.69) is 10.1 Å². The van der Waals surface area contributed by atoms with Crippen molar-refractivity contribution in [3.05, 3.63) is 80.4 Å². The number of fused-ring (bicyclic) bond motifs is 1. The van der Waals surface area contributed by atoms with Crippen LogP contribution < -0.4 is 10.1 Å². The Morgan fingerprint density at radius 1 is 1.17 bits per heavy atom. The maximum absolute atomic E-state index is 13.7. The van der Waals surface area contributed by atoms with Gasteiger partial charge in [-0.3, -0.25) is 4.79 Å². The second-order valence-corrected chi connectivity index (χ2v) is 6.45. The summed E-state index contributed by atoms with van der Waals surface area (Å²) in [6.45, 7) is 1.99. The summed E-state index contributed by atoms with van der Waals surface area (Å²) in [5.41, 5.74) is 2.05. The molecule has 0 saturated heterocycles. The molecule has 0 spiro atoms. The van der Waals surface area contributed by atoms with Gasteiger partial charge >= 0.3 is 0 Å². The lowest BCUT2D eigenvalue weighted by atomic mass is 10.1. The van der Waals surface area contributed by atoms with Crippen molar-refractivity contribution in [2.45, 2.75) is 6.92 Å². The average Bonchev–Trinajstić information content (AvgIpc) is 3.10. The predicted octanol–water partition coefficient (Wildman–Crippen LogP) is 2.81. The molecule has 0 unspecified atom stereocenters. The first-order valence-corrected chi connectivity index (χ1v) is 8.16. The van der Waals surface area contributed by atoms with Gasteiger partial charge in [0.15, 0.2) is 5.82 Å². The third kappa shape index (κ3) is 2.51. The molecule has 6 heteroatoms. The van der Waals surface area contributed by atoms with Crippen molar-refractivity contribution in [3.63, 3.8) is 0 Å². The van der Waals surface area contributed by atoms with Crippen LogP contribution in [0.1, 0.15) is 11.1 Å². The molecule has 2 aromatic carbocycles. The summed E-state index contributed by atoms with van der Waals surface area (Å²) in [7, 11) is 0. The van der Waals surface area contributed by atoms with Gasteiger partial charge in [-0.2, -0.15) is 9.50 Å². The molecule has 24 heavy (non-hydrogen) atoms. The van der Waals surface area contributed by atoms with Gasteiger partial charge in [-0.05, 0) is 25.1 Å². The molecule has 0 fully saturated rings. The van der Waals surface area contributed by atoms with Gasteiger partial charge in [-0.15, -0.1) is 5.10 Å². The summed E-state index contributed by atoms with van der Waals surface area (Å²) in [6, 6.07) is 14.1. The van der Waals surface area contributed by atoms with E-state index in [0.29, 0.717) is 20.9 Å². The monoisotopic (exact) mass is 337 g/mol. The van der Waals surface area contributed by atoms with E-state index in [4.69, 9.17) is 0 Å². The van der Waals surface area contributed by atoms with Crippen LogP contribution in [0.3, 0.4) is 0 Å². The molecule has 0 saturated carbocycles. The molecule has 0 N–H and O–H groups in total. The molecule has 0 atom stereocenters. The molecule has 4 rings (SSSR count). The van der Waals surface area contributed by atoms with Crippen LogP contribution in [-0.4, -0.2) is 14.6 Å². The summed E-state index contributed by atoms with van der Waals surface area (Å²) in [5.74, 6) is 0.149. The standard InChI is InChI=1S/C18H12FN3OS/c1-11-5-4-7-13(9-11)16-20-18-22(21-16)17(23)15(24-18)10-12-6-2-3-8-14(12)19/h2-10H,1H3/b15-10+. The summed E-state index contributed by atoms with van der Waals surface area (Å²) < 4.78 is 15.4. The van der Waals surface area contributed by atoms with E-state index >= 15 is 0 Å². The fraction of sp³-hybridized carbons (Fsp3) is 0.0556. The maximum Gasteiger partial charge on any atom is 0.291 e. The molecule has 0 aliphatic heterocycles. The molecular formula is C18H12FN3OS. The van der Waals surface area contributed by atoms with E-state index in [1.807, 2.05) is 31.2 Å². The summed E-state index contributed by atoms with van der Waals surface area (Å²) in [6.07, 6.45) is 1.53. The number of benzene rings is 2. The maximum atomic E-state index is 13.7. The Hall–Kier alpha value is -2.86. The van der Waals surface area contributed by atoms with Gasteiger partial charge in [0, 0.05) is 11.1 Å². The Labute approximate surface area is 140 Å². The van der Waals surface area contributed by atoms with Crippen LogP contribution in [-0.2, 0) is 0 Å². The van der Waals surface area contributed by atoms with Gasteiger partial charge in [-0.25, -0.2) is 4.39 Å². The van der Waals surface area contributed by atoms with Crippen molar-refractivity contribution < 1.29 is 4.39 Å². The van der Waals surface area contributed by atoms with Crippen LogP contribution in [0.5, 0.6) is 0 Å². The Morgan fingerprint density at radius 3 is 2.75 bits per heavy atom. The Morgan fingerprint density at radius 2 is 2.00 bits per heavy atom. The second-order valence-electron chi connectivity index (χ2n) is 5.44. The van der Waals surface area contributed by atoms with Crippen molar-refractivity contribution in [1.82, 2.24) is 14.6 Å². The number of hydrogen-bond donors (Lipinski definition) is 0. The molecule has 0 aliphatic rings. The number of aromatic nitrogens is 3. The largest absolute Gasteiger partial charge is 0.291 e. The van der Waals surface area contributed by atoms with Crippen molar-refractivity contribution >= 4 is 22.4 Å². The SMILES string of the molecule is Cc1cccc(-c2nc3s/c(=C/c4ccccc4F)c(=O)n3n2)c1. The number of hydrogen-bond acceptors (Lipinski definition) is 4. The number of aryl methyl sites for hydroxylation is 1. The van der Waals surface area contributed by atoms with Crippen LogP contribution in [0.2, 0.25) is 0 Å². The van der Waals surface area contributed by atoms with Gasteiger partial charge in [0.05, 0.1) is 4.53 Å². The fourth-order valence-corrected chi connectivity index (χ4v) is 3.37. The minimum Gasteiger partial charge on any atom is -0.266 e. The van der Waals surface area contributed by atoms with Gasteiger partial charge in [0.1, 0.15) is 5.82 Å². The molecule has 2 heterocycles. The van der Waals surface area contributed by atoms with Crippen LogP contribution in [0.4, 0.5) is 4.39 Å². The zero-order chi connectivity index (χ0) is 16.7. The summed E-state index contributed by atoms with van der Waals surface area (Å²) in [5, 5.41) is 4.30. The van der Waals surface area contributed by atoms with Crippen molar-refractivity contribution in [2.75, 3.05) is 0 Å². The predicted molar refractivity (Wildman–Crippen MR) is 92.5 cm³/mol. The average molecular weight is 337 g/mol. The van der Waals surface area contributed by atoms with Gasteiger partial charge < -0.3 is 0 Å². The highest BCUT2D eigenvalue weighted by atomic mass is 32.1. The quantitative estimate of drug-likeness (QED) is 0.565. The Kier molecular flexibility index (Phi) is 3.46. The third-order valence-corrected chi connectivity index (χ3v) is 4.61. The molecule has 2 aromatic heterocycles. The van der Waals surface area contributed by atoms with Crippen molar-refractivity contribution in [2.24, 2.45) is 0 Å². The van der Waals surface area contributed by atoms with E-state index in [1.54, 1.807) is 18.2 Å². The molecule has 0 radical (unpaired) electrons. The number of nitrogens with zero attached hydrogens (tertiary/aromatic N) is 3. The first-order valence-electron chi connectivity index (χ1n) is 7.35. The van der Waals surface area contributed by atoms with Crippen LogP contribution in [0, 0.1) is 12.7 Å². The van der Waals surface area contributed by atoms with E-state index in [0.717, 1.165) is 11.1 Å². The topological polar surface area (TPSA) is 47.3 Å². The highest BCUT2D eigenvalue weighted by Gasteiger charge is 2.12. The number of halogens is 1. The van der Waals surface area contributed by atoms with Gasteiger partial charge in [0.2, 0.25) is 4.96 Å². The van der Waals surface area contributed by atoms with Crippen LogP contribution >= 0.6 is 11.3 Å². The smallest absolute Gasteiger partial charge is 0.266 e. The first-order chi connectivity index (χ1) is 11.6. The lowest BCUT2D eigenvalue weighted by Gasteiger charge is -1.95. The number of thiazole rings is 1. The molecular weight excluding hydrogens is 325 g/mol. The lowest BCUT2D eigenvalue weighted by molar-refractivity contribution is 0.625. The Balaban J connectivity index is 1.85. The first kappa shape index (κ1) is 14.7. The van der Waals surface area contributed by atoms with Crippen molar-refractivity contribution in [3.8, 4) is 11.4 Å². The van der Waals surface area contributed by atoms with Crippen molar-refractivity contribution in [1.29, 1.82) is 0 Å². The van der Waals surface area contributed by atoms with Gasteiger partial charge in [0.25, 0.3) is 5.56 Å². The molecule has 0 amide bonds. The normalized spacial score (nSPS) is 12.2. The second kappa shape index (κ2) is 5.65. The third-order valence-electron chi connectivity index (χ3n) is 3.65. The molecule has 4 nitrogen and oxygen atoms in total. The van der Waals surface area contributed by atoms with Crippen LogP contribution in [0.15, 0.2) is 53.3 Å².